The van der Waals surface area contributed by atoms with E-state index < -0.39 is 12.0 Å². The number of benzene rings is 1. The van der Waals surface area contributed by atoms with Crippen molar-refractivity contribution in [3.63, 3.8) is 0 Å². The summed E-state index contributed by atoms with van der Waals surface area (Å²) >= 11 is 1.76. The molecular formula is C25H27FN6O2S. The van der Waals surface area contributed by atoms with Gasteiger partial charge in [0.25, 0.3) is 0 Å². The average Bonchev–Trinajstić information content (AvgIpc) is 3.35. The van der Waals surface area contributed by atoms with E-state index in [0.717, 1.165) is 41.9 Å². The van der Waals surface area contributed by atoms with Crippen LogP contribution in [0.1, 0.15) is 25.5 Å². The summed E-state index contributed by atoms with van der Waals surface area (Å²) in [6.07, 6.45) is 5.02. The zero-order chi connectivity index (χ0) is 24.4. The lowest BCUT2D eigenvalue weighted by atomic mass is 10.1. The monoisotopic (exact) mass is 494 g/mol. The summed E-state index contributed by atoms with van der Waals surface area (Å²) in [5, 5.41) is 28.5. The number of piperidine rings is 1. The van der Waals surface area contributed by atoms with E-state index in [2.05, 4.69) is 20.3 Å². The van der Waals surface area contributed by atoms with Crippen LogP contribution in [0.25, 0.3) is 16.6 Å². The Morgan fingerprint density at radius 2 is 2.00 bits per heavy atom. The number of fused-ring (bicyclic) bond motifs is 1. The molecule has 1 atom stereocenters. The molecule has 0 amide bonds. The molecule has 1 saturated heterocycles. The highest BCUT2D eigenvalue weighted by Gasteiger charge is 2.22. The highest BCUT2D eigenvalue weighted by Crippen LogP contribution is 2.31. The summed E-state index contributed by atoms with van der Waals surface area (Å²) in [7, 11) is 0. The normalized spacial score (nSPS) is 16.0. The Morgan fingerprint density at radius 1 is 1.17 bits per heavy atom. The third kappa shape index (κ3) is 5.46. The molecule has 0 saturated carbocycles. The molecule has 0 spiro atoms. The van der Waals surface area contributed by atoms with Crippen molar-refractivity contribution < 1.29 is 14.6 Å². The van der Waals surface area contributed by atoms with Crippen LogP contribution in [0.15, 0.2) is 59.9 Å². The number of halogens is 1. The fourth-order valence-electron chi connectivity index (χ4n) is 4.15. The first-order valence-electron chi connectivity index (χ1n) is 11.6. The Kier molecular flexibility index (Phi) is 6.96. The minimum Gasteiger partial charge on any atom is -0.390 e. The lowest BCUT2D eigenvalue weighted by Crippen LogP contribution is -2.40. The van der Waals surface area contributed by atoms with Gasteiger partial charge in [-0.1, -0.05) is 0 Å². The maximum atomic E-state index is 14.8. The maximum absolute atomic E-state index is 14.8. The largest absolute Gasteiger partial charge is 0.390 e. The molecule has 35 heavy (non-hydrogen) atoms. The van der Waals surface area contributed by atoms with Gasteiger partial charge >= 0.3 is 0 Å². The first kappa shape index (κ1) is 23.7. The second kappa shape index (κ2) is 10.3. The Bertz CT molecular complexity index is 1320. The Balaban J connectivity index is 1.29. The van der Waals surface area contributed by atoms with E-state index >= 15 is 0 Å². The molecule has 0 aliphatic carbocycles. The number of anilines is 2. The van der Waals surface area contributed by atoms with Gasteiger partial charge in [0.15, 0.2) is 0 Å². The molecule has 3 N–H and O–H groups in total. The molecule has 4 heterocycles. The number of pyridine rings is 2. The van der Waals surface area contributed by atoms with Crippen molar-refractivity contribution in [3.05, 3.63) is 66.4 Å². The van der Waals surface area contributed by atoms with Crippen LogP contribution in [0, 0.1) is 5.82 Å². The number of hydrogen-bond acceptors (Lipinski definition) is 8. The fraction of sp³-hybridized carbons (Fsp3) is 0.320. The molecule has 0 radical (unpaired) electrons. The third-order valence-corrected chi connectivity index (χ3v) is 7.40. The fourth-order valence-corrected chi connectivity index (χ4v) is 5.23. The van der Waals surface area contributed by atoms with Crippen LogP contribution in [-0.2, 0) is 6.61 Å². The summed E-state index contributed by atoms with van der Waals surface area (Å²) in [5.41, 5.74) is 2.16. The number of aliphatic hydroxyl groups is 2. The summed E-state index contributed by atoms with van der Waals surface area (Å²) < 4.78 is 16.3. The van der Waals surface area contributed by atoms with E-state index in [9.17, 15) is 14.6 Å². The van der Waals surface area contributed by atoms with Crippen LogP contribution in [0.3, 0.4) is 0 Å². The SMILES string of the molecule is CC(O)N1CCC(Sc2ccc3cnc(Nc4ccc(-n5ccc(CO)n5)cc4F)cc3n2)CC1. The van der Waals surface area contributed by atoms with Gasteiger partial charge in [-0.05, 0) is 50.1 Å². The minimum absolute atomic E-state index is 0.167. The number of rotatable bonds is 7. The van der Waals surface area contributed by atoms with Crippen LogP contribution in [0.5, 0.6) is 0 Å². The maximum Gasteiger partial charge on any atom is 0.148 e. The lowest BCUT2D eigenvalue weighted by Gasteiger charge is -2.33. The van der Waals surface area contributed by atoms with E-state index in [1.165, 1.54) is 10.7 Å². The van der Waals surface area contributed by atoms with Crippen molar-refractivity contribution in [1.82, 2.24) is 24.6 Å². The van der Waals surface area contributed by atoms with Gasteiger partial charge in [0, 0.05) is 48.3 Å². The summed E-state index contributed by atoms with van der Waals surface area (Å²) in [5.74, 6) is 0.0666. The third-order valence-electron chi connectivity index (χ3n) is 6.13. The highest BCUT2D eigenvalue weighted by atomic mass is 32.2. The van der Waals surface area contributed by atoms with Crippen LogP contribution < -0.4 is 5.32 Å². The quantitative estimate of drug-likeness (QED) is 0.353. The molecule has 182 valence electrons. The first-order chi connectivity index (χ1) is 17.0. The number of nitrogens with one attached hydrogen (secondary N) is 1. The predicted octanol–water partition coefficient (Wildman–Crippen LogP) is 4.09. The molecular weight excluding hydrogens is 467 g/mol. The summed E-state index contributed by atoms with van der Waals surface area (Å²) in [6.45, 7) is 3.41. The van der Waals surface area contributed by atoms with Gasteiger partial charge in [-0.2, -0.15) is 5.10 Å². The van der Waals surface area contributed by atoms with Gasteiger partial charge in [-0.15, -0.1) is 11.8 Å². The van der Waals surface area contributed by atoms with Crippen LogP contribution >= 0.6 is 11.8 Å². The topological polar surface area (TPSA) is 99.3 Å². The molecule has 8 nitrogen and oxygen atoms in total. The van der Waals surface area contributed by atoms with Crippen molar-refractivity contribution >= 4 is 34.2 Å². The second-order valence-corrected chi connectivity index (χ2v) is 9.92. The standard InChI is InChI=1S/C25H27FN6O2S/c1-16(34)31-9-7-20(8-10-31)35-25-5-2-17-14-27-24(13-23(17)29-25)28-22-4-3-19(12-21(22)26)32-11-6-18(15-33)30-32/h2-6,11-14,16,20,33-34H,7-10,15H2,1H3,(H,27,28). The van der Waals surface area contributed by atoms with Crippen molar-refractivity contribution in [3.8, 4) is 5.69 Å². The molecule has 5 rings (SSSR count). The lowest BCUT2D eigenvalue weighted by molar-refractivity contribution is 0.00771. The summed E-state index contributed by atoms with van der Waals surface area (Å²) in [6, 6.07) is 12.3. The highest BCUT2D eigenvalue weighted by molar-refractivity contribution is 7.99. The van der Waals surface area contributed by atoms with Gasteiger partial charge in [-0.3, -0.25) is 4.90 Å². The minimum atomic E-state index is -0.439. The van der Waals surface area contributed by atoms with E-state index in [1.807, 2.05) is 25.1 Å². The van der Waals surface area contributed by atoms with Gasteiger partial charge < -0.3 is 15.5 Å². The van der Waals surface area contributed by atoms with E-state index in [-0.39, 0.29) is 6.61 Å². The van der Waals surface area contributed by atoms with E-state index in [0.29, 0.717) is 28.1 Å². The van der Waals surface area contributed by atoms with Crippen molar-refractivity contribution in [2.24, 2.45) is 0 Å². The molecule has 1 aliphatic heterocycles. The number of nitrogens with zero attached hydrogens (tertiary/aromatic N) is 5. The number of likely N-dealkylation sites (tertiary alicyclic amines) is 1. The molecule has 1 aromatic carbocycles. The Labute approximate surface area is 206 Å². The van der Waals surface area contributed by atoms with Gasteiger partial charge in [-0.25, -0.2) is 19.0 Å². The van der Waals surface area contributed by atoms with Crippen molar-refractivity contribution in [2.45, 2.75) is 42.9 Å². The average molecular weight is 495 g/mol. The summed E-state index contributed by atoms with van der Waals surface area (Å²) in [4.78, 5) is 11.3. The molecule has 4 aromatic rings. The van der Waals surface area contributed by atoms with Gasteiger partial charge in [0.1, 0.15) is 17.9 Å². The van der Waals surface area contributed by atoms with Crippen molar-refractivity contribution in [1.29, 1.82) is 0 Å². The molecule has 1 unspecified atom stereocenters. The number of hydrogen-bond donors (Lipinski definition) is 3. The predicted molar refractivity (Wildman–Crippen MR) is 134 cm³/mol. The molecule has 0 bridgehead atoms. The second-order valence-electron chi connectivity index (χ2n) is 8.60. The molecule has 1 aliphatic rings. The van der Waals surface area contributed by atoms with Crippen molar-refractivity contribution in [2.75, 3.05) is 18.4 Å². The number of aliphatic hydroxyl groups excluding tert-OH is 2. The van der Waals surface area contributed by atoms with Gasteiger partial charge in [0.2, 0.25) is 0 Å². The van der Waals surface area contributed by atoms with Crippen LogP contribution in [0.4, 0.5) is 15.9 Å². The zero-order valence-corrected chi connectivity index (χ0v) is 20.1. The Hall–Kier alpha value is -3.05. The van der Waals surface area contributed by atoms with Gasteiger partial charge in [0.05, 0.1) is 34.2 Å². The van der Waals surface area contributed by atoms with Crippen LogP contribution in [0.2, 0.25) is 0 Å². The molecule has 3 aromatic heterocycles. The van der Waals surface area contributed by atoms with E-state index in [4.69, 9.17) is 4.98 Å². The van der Waals surface area contributed by atoms with E-state index in [1.54, 1.807) is 42.4 Å². The first-order valence-corrected chi connectivity index (χ1v) is 12.4. The molecule has 1 fully saturated rings. The molecule has 10 heteroatoms. The Morgan fingerprint density at radius 3 is 2.71 bits per heavy atom. The number of aromatic nitrogens is 4. The zero-order valence-electron chi connectivity index (χ0n) is 19.3. The number of thioether (sulfide) groups is 1. The smallest absolute Gasteiger partial charge is 0.148 e. The van der Waals surface area contributed by atoms with Crippen LogP contribution in [-0.4, -0.2) is 59.4 Å².